The summed E-state index contributed by atoms with van der Waals surface area (Å²) in [7, 11) is 1.47. The number of ether oxygens (including phenoxy) is 2. The number of hydrogen-bond acceptors (Lipinski definition) is 5. The molecule has 0 unspecified atom stereocenters. The molecule has 5 nitrogen and oxygen atoms in total. The van der Waals surface area contributed by atoms with Crippen LogP contribution in [0.1, 0.15) is 6.92 Å². The van der Waals surface area contributed by atoms with E-state index in [0.29, 0.717) is 11.4 Å². The third-order valence-corrected chi connectivity index (χ3v) is 4.28. The van der Waals surface area contributed by atoms with Crippen molar-refractivity contribution in [1.29, 1.82) is 0 Å². The van der Waals surface area contributed by atoms with E-state index in [1.54, 1.807) is 24.3 Å². The van der Waals surface area contributed by atoms with E-state index in [1.165, 1.54) is 14.0 Å². The SMILES string of the molecule is COc1ccccc1NC(=O)[C@@H](C)OC(=O)CSc1cc(F)ccc1F. The Bertz CT molecular complexity index is 801. The molecular formula is C18H17F2NO4S. The zero-order valence-corrected chi connectivity index (χ0v) is 14.9. The van der Waals surface area contributed by atoms with Crippen LogP contribution in [0.25, 0.3) is 0 Å². The maximum atomic E-state index is 13.5. The summed E-state index contributed by atoms with van der Waals surface area (Å²) < 4.78 is 36.8. The fourth-order valence-electron chi connectivity index (χ4n) is 1.99. The first kappa shape index (κ1) is 19.7. The number of hydrogen-bond donors (Lipinski definition) is 1. The molecule has 1 atom stereocenters. The van der Waals surface area contributed by atoms with Gasteiger partial charge < -0.3 is 14.8 Å². The third kappa shape index (κ3) is 5.45. The Kier molecular flexibility index (Phi) is 6.97. The summed E-state index contributed by atoms with van der Waals surface area (Å²) in [6, 6.07) is 9.75. The van der Waals surface area contributed by atoms with Gasteiger partial charge >= 0.3 is 5.97 Å². The number of methoxy groups -OCH3 is 1. The molecule has 138 valence electrons. The normalized spacial score (nSPS) is 11.5. The van der Waals surface area contributed by atoms with E-state index in [2.05, 4.69) is 5.32 Å². The number of halogens is 2. The van der Waals surface area contributed by atoms with Gasteiger partial charge in [-0.15, -0.1) is 11.8 Å². The van der Waals surface area contributed by atoms with E-state index in [9.17, 15) is 18.4 Å². The van der Waals surface area contributed by atoms with E-state index in [0.717, 1.165) is 30.0 Å². The molecule has 2 aromatic rings. The van der Waals surface area contributed by atoms with Crippen molar-refractivity contribution in [3.63, 3.8) is 0 Å². The van der Waals surface area contributed by atoms with Crippen molar-refractivity contribution in [2.45, 2.75) is 17.9 Å². The minimum absolute atomic E-state index is 0.00641. The second-order valence-electron chi connectivity index (χ2n) is 5.19. The Morgan fingerprint density at radius 1 is 1.19 bits per heavy atom. The molecule has 8 heteroatoms. The van der Waals surface area contributed by atoms with Crippen LogP contribution >= 0.6 is 11.8 Å². The van der Waals surface area contributed by atoms with Crippen LogP contribution in [-0.4, -0.2) is 30.8 Å². The smallest absolute Gasteiger partial charge is 0.317 e. The third-order valence-electron chi connectivity index (χ3n) is 3.28. The second kappa shape index (κ2) is 9.19. The molecule has 1 amide bonds. The molecule has 0 aromatic heterocycles. The zero-order valence-electron chi connectivity index (χ0n) is 14.1. The van der Waals surface area contributed by atoms with Crippen LogP contribution in [-0.2, 0) is 14.3 Å². The van der Waals surface area contributed by atoms with Crippen molar-refractivity contribution in [3.8, 4) is 5.75 Å². The molecule has 0 aliphatic rings. The summed E-state index contributed by atoms with van der Waals surface area (Å²) in [5.41, 5.74) is 0.444. The van der Waals surface area contributed by atoms with Gasteiger partial charge in [-0.05, 0) is 37.3 Å². The molecule has 0 radical (unpaired) electrons. The highest BCUT2D eigenvalue weighted by Crippen LogP contribution is 2.24. The number of thioether (sulfide) groups is 1. The van der Waals surface area contributed by atoms with Crippen molar-refractivity contribution in [1.82, 2.24) is 0 Å². The summed E-state index contributed by atoms with van der Waals surface area (Å²) in [6.45, 7) is 1.41. The number of carbonyl (C=O) groups is 2. The summed E-state index contributed by atoms with van der Waals surface area (Å²) in [6.07, 6.45) is -1.06. The Balaban J connectivity index is 1.88. The molecule has 2 rings (SSSR count). The standard InChI is InChI=1S/C18H17F2NO4S/c1-11(18(23)21-14-5-3-4-6-15(14)24-2)25-17(22)10-26-16-9-12(19)7-8-13(16)20/h3-9,11H,10H2,1-2H3,(H,21,23)/t11-/m1/s1. The highest BCUT2D eigenvalue weighted by atomic mass is 32.2. The maximum Gasteiger partial charge on any atom is 0.317 e. The van der Waals surface area contributed by atoms with Gasteiger partial charge in [-0.2, -0.15) is 0 Å². The van der Waals surface area contributed by atoms with E-state index >= 15 is 0 Å². The summed E-state index contributed by atoms with van der Waals surface area (Å²) in [5.74, 6) is -2.28. The highest BCUT2D eigenvalue weighted by Gasteiger charge is 2.19. The van der Waals surface area contributed by atoms with E-state index < -0.39 is 29.6 Å². The summed E-state index contributed by atoms with van der Waals surface area (Å²) >= 11 is 0.792. The molecule has 0 bridgehead atoms. The van der Waals surface area contributed by atoms with E-state index in [-0.39, 0.29) is 10.6 Å². The molecule has 0 fully saturated rings. The Morgan fingerprint density at radius 2 is 1.92 bits per heavy atom. The minimum atomic E-state index is -1.06. The van der Waals surface area contributed by atoms with Gasteiger partial charge in [0, 0.05) is 4.90 Å². The van der Waals surface area contributed by atoms with Gasteiger partial charge in [0.25, 0.3) is 5.91 Å². The number of benzene rings is 2. The van der Waals surface area contributed by atoms with Gasteiger partial charge in [-0.1, -0.05) is 12.1 Å². The number of anilines is 1. The van der Waals surface area contributed by atoms with Crippen molar-refractivity contribution in [2.24, 2.45) is 0 Å². The molecule has 2 aromatic carbocycles. The predicted molar refractivity (Wildman–Crippen MR) is 94.3 cm³/mol. The first-order valence-corrected chi connectivity index (χ1v) is 8.60. The monoisotopic (exact) mass is 381 g/mol. The zero-order chi connectivity index (χ0) is 19.1. The van der Waals surface area contributed by atoms with Crippen molar-refractivity contribution < 1.29 is 27.8 Å². The van der Waals surface area contributed by atoms with Crippen molar-refractivity contribution in [3.05, 3.63) is 54.1 Å². The summed E-state index contributed by atoms with van der Waals surface area (Å²) in [4.78, 5) is 24.0. The number of para-hydroxylation sites is 2. The van der Waals surface area contributed by atoms with Crippen molar-refractivity contribution in [2.75, 3.05) is 18.2 Å². The van der Waals surface area contributed by atoms with Crippen LogP contribution in [0.3, 0.4) is 0 Å². The lowest BCUT2D eigenvalue weighted by molar-refractivity contribution is -0.150. The molecule has 0 saturated carbocycles. The number of carbonyl (C=O) groups excluding carboxylic acids is 2. The average Bonchev–Trinajstić information content (AvgIpc) is 2.62. The Labute approximate surface area is 153 Å². The van der Waals surface area contributed by atoms with Crippen LogP contribution in [0.5, 0.6) is 5.75 Å². The predicted octanol–water partition coefficient (Wildman–Crippen LogP) is 3.64. The topological polar surface area (TPSA) is 64.6 Å². The number of rotatable bonds is 7. The van der Waals surface area contributed by atoms with Gasteiger partial charge in [0.15, 0.2) is 6.10 Å². The van der Waals surface area contributed by atoms with Crippen LogP contribution < -0.4 is 10.1 Å². The maximum absolute atomic E-state index is 13.5. The first-order valence-electron chi connectivity index (χ1n) is 7.62. The molecule has 0 saturated heterocycles. The van der Waals surface area contributed by atoms with Crippen LogP contribution in [0, 0.1) is 11.6 Å². The average molecular weight is 381 g/mol. The molecule has 26 heavy (non-hydrogen) atoms. The van der Waals surface area contributed by atoms with E-state index in [4.69, 9.17) is 9.47 Å². The molecule has 0 heterocycles. The lowest BCUT2D eigenvalue weighted by Gasteiger charge is -2.15. The molecule has 0 aliphatic carbocycles. The number of nitrogens with one attached hydrogen (secondary N) is 1. The fourth-order valence-corrected chi connectivity index (χ4v) is 2.73. The fraction of sp³-hybridized carbons (Fsp3) is 0.222. The quantitative estimate of drug-likeness (QED) is 0.586. The Morgan fingerprint density at radius 3 is 2.65 bits per heavy atom. The Hall–Kier alpha value is -2.61. The van der Waals surface area contributed by atoms with Crippen LogP contribution in [0.4, 0.5) is 14.5 Å². The lowest BCUT2D eigenvalue weighted by Crippen LogP contribution is -2.30. The van der Waals surface area contributed by atoms with Gasteiger partial charge in [0.05, 0.1) is 18.6 Å². The van der Waals surface area contributed by atoms with Crippen molar-refractivity contribution >= 4 is 29.3 Å². The van der Waals surface area contributed by atoms with Gasteiger partial charge in [-0.3, -0.25) is 9.59 Å². The van der Waals surface area contributed by atoms with E-state index in [1.807, 2.05) is 0 Å². The lowest BCUT2D eigenvalue weighted by atomic mass is 10.2. The second-order valence-corrected chi connectivity index (χ2v) is 6.20. The van der Waals surface area contributed by atoms with Gasteiger partial charge in [-0.25, -0.2) is 8.78 Å². The highest BCUT2D eigenvalue weighted by molar-refractivity contribution is 8.00. The van der Waals surface area contributed by atoms with Crippen LogP contribution in [0.15, 0.2) is 47.4 Å². The number of amides is 1. The number of esters is 1. The largest absolute Gasteiger partial charge is 0.495 e. The van der Waals surface area contributed by atoms with Gasteiger partial charge in [0.1, 0.15) is 17.4 Å². The molecule has 0 spiro atoms. The molecular weight excluding hydrogens is 364 g/mol. The molecule has 0 aliphatic heterocycles. The summed E-state index contributed by atoms with van der Waals surface area (Å²) in [5, 5.41) is 2.60. The molecule has 1 N–H and O–H groups in total. The van der Waals surface area contributed by atoms with Crippen LogP contribution in [0.2, 0.25) is 0 Å². The van der Waals surface area contributed by atoms with Gasteiger partial charge in [0.2, 0.25) is 0 Å². The minimum Gasteiger partial charge on any atom is -0.495 e. The first-order chi connectivity index (χ1) is 12.4.